The van der Waals surface area contributed by atoms with Gasteiger partial charge >= 0.3 is 0 Å². The Balaban J connectivity index is 1.76. The van der Waals surface area contributed by atoms with E-state index in [1.807, 2.05) is 12.1 Å². The summed E-state index contributed by atoms with van der Waals surface area (Å²) in [5, 5.41) is 0. The minimum atomic E-state index is -0.229. The number of nitrogens with two attached hydrogens (primary N) is 1. The molecule has 0 atom stereocenters. The standard InChI is InChI=1S/C14H19FN2/c15-13-9-12(14(16)5-6-14)4-3-11(13)10-17-7-1-2-8-17/h3-4,9H,1-2,5-8,10,16H2. The summed E-state index contributed by atoms with van der Waals surface area (Å²) in [5.41, 5.74) is 7.61. The number of halogens is 1. The van der Waals surface area contributed by atoms with Crippen molar-refractivity contribution in [1.29, 1.82) is 0 Å². The minimum Gasteiger partial charge on any atom is -0.321 e. The van der Waals surface area contributed by atoms with E-state index < -0.39 is 0 Å². The molecule has 92 valence electrons. The van der Waals surface area contributed by atoms with Gasteiger partial charge in [0.05, 0.1) is 0 Å². The summed E-state index contributed by atoms with van der Waals surface area (Å²) in [4.78, 5) is 2.31. The summed E-state index contributed by atoms with van der Waals surface area (Å²) in [5.74, 6) is -0.0916. The van der Waals surface area contributed by atoms with E-state index in [0.29, 0.717) is 0 Å². The van der Waals surface area contributed by atoms with E-state index >= 15 is 0 Å². The highest BCUT2D eigenvalue weighted by Crippen LogP contribution is 2.42. The van der Waals surface area contributed by atoms with Gasteiger partial charge in [-0.25, -0.2) is 4.39 Å². The number of benzene rings is 1. The molecular formula is C14H19FN2. The van der Waals surface area contributed by atoms with Crippen molar-refractivity contribution in [2.75, 3.05) is 13.1 Å². The van der Waals surface area contributed by atoms with Crippen LogP contribution in [-0.2, 0) is 12.1 Å². The highest BCUT2D eigenvalue weighted by atomic mass is 19.1. The van der Waals surface area contributed by atoms with Crippen molar-refractivity contribution in [2.24, 2.45) is 5.73 Å². The maximum atomic E-state index is 14.0. The molecule has 1 aliphatic heterocycles. The van der Waals surface area contributed by atoms with Crippen LogP contribution in [0.1, 0.15) is 36.8 Å². The second-order valence-corrected chi connectivity index (χ2v) is 5.45. The number of nitrogens with zero attached hydrogens (tertiary/aromatic N) is 1. The lowest BCUT2D eigenvalue weighted by Crippen LogP contribution is -2.21. The molecule has 0 bridgehead atoms. The Hall–Kier alpha value is -0.930. The van der Waals surface area contributed by atoms with E-state index in [4.69, 9.17) is 5.73 Å². The SMILES string of the molecule is NC1(c2ccc(CN3CCCC3)c(F)c2)CC1. The smallest absolute Gasteiger partial charge is 0.128 e. The average molecular weight is 234 g/mol. The van der Waals surface area contributed by atoms with Crippen molar-refractivity contribution >= 4 is 0 Å². The molecule has 3 rings (SSSR count). The third-order valence-corrected chi connectivity index (χ3v) is 4.01. The molecule has 0 radical (unpaired) electrons. The fourth-order valence-corrected chi connectivity index (χ4v) is 2.59. The lowest BCUT2D eigenvalue weighted by atomic mass is 10.0. The Kier molecular flexibility index (Phi) is 2.68. The molecule has 1 heterocycles. The van der Waals surface area contributed by atoms with Crippen LogP contribution in [0.5, 0.6) is 0 Å². The fraction of sp³-hybridized carbons (Fsp3) is 0.571. The molecule has 0 spiro atoms. The molecule has 0 unspecified atom stereocenters. The molecule has 1 saturated carbocycles. The van der Waals surface area contributed by atoms with E-state index in [-0.39, 0.29) is 11.4 Å². The molecule has 0 amide bonds. The quantitative estimate of drug-likeness (QED) is 0.870. The van der Waals surface area contributed by atoms with Gasteiger partial charge in [0.1, 0.15) is 5.82 Å². The van der Waals surface area contributed by atoms with Crippen molar-refractivity contribution in [1.82, 2.24) is 4.90 Å². The first-order valence-electron chi connectivity index (χ1n) is 6.48. The van der Waals surface area contributed by atoms with Gasteiger partial charge in [-0.15, -0.1) is 0 Å². The Morgan fingerprint density at radius 2 is 1.94 bits per heavy atom. The number of likely N-dealkylation sites (tertiary alicyclic amines) is 1. The van der Waals surface area contributed by atoms with Gasteiger partial charge in [0.15, 0.2) is 0 Å². The van der Waals surface area contributed by atoms with Crippen LogP contribution in [0, 0.1) is 5.82 Å². The highest BCUT2D eigenvalue weighted by molar-refractivity contribution is 5.33. The highest BCUT2D eigenvalue weighted by Gasteiger charge is 2.40. The summed E-state index contributed by atoms with van der Waals surface area (Å²) in [6.45, 7) is 2.94. The topological polar surface area (TPSA) is 29.3 Å². The van der Waals surface area contributed by atoms with Crippen LogP contribution in [0.25, 0.3) is 0 Å². The van der Waals surface area contributed by atoms with E-state index in [1.165, 1.54) is 12.8 Å². The number of hydrogen-bond donors (Lipinski definition) is 1. The van der Waals surface area contributed by atoms with Crippen LogP contribution >= 0.6 is 0 Å². The molecule has 1 aliphatic carbocycles. The zero-order chi connectivity index (χ0) is 11.9. The maximum Gasteiger partial charge on any atom is 0.128 e. The van der Waals surface area contributed by atoms with Gasteiger partial charge in [0.25, 0.3) is 0 Å². The third kappa shape index (κ3) is 2.22. The first kappa shape index (κ1) is 11.2. The summed E-state index contributed by atoms with van der Waals surface area (Å²) < 4.78 is 14.0. The van der Waals surface area contributed by atoms with Gasteiger partial charge in [0, 0.05) is 17.6 Å². The van der Waals surface area contributed by atoms with Gasteiger partial charge in [-0.05, 0) is 50.4 Å². The van der Waals surface area contributed by atoms with Crippen molar-refractivity contribution in [3.63, 3.8) is 0 Å². The summed E-state index contributed by atoms with van der Waals surface area (Å²) in [7, 11) is 0. The lowest BCUT2D eigenvalue weighted by molar-refractivity contribution is 0.325. The fourth-order valence-electron chi connectivity index (χ4n) is 2.59. The Bertz CT molecular complexity index is 420. The summed E-state index contributed by atoms with van der Waals surface area (Å²) in [6.07, 6.45) is 4.45. The summed E-state index contributed by atoms with van der Waals surface area (Å²) >= 11 is 0. The predicted molar refractivity (Wildman–Crippen MR) is 66.0 cm³/mol. The van der Waals surface area contributed by atoms with Crippen molar-refractivity contribution in [2.45, 2.75) is 37.8 Å². The van der Waals surface area contributed by atoms with E-state index in [1.54, 1.807) is 6.07 Å². The van der Waals surface area contributed by atoms with Crippen molar-refractivity contribution in [3.8, 4) is 0 Å². The molecule has 3 heteroatoms. The second kappa shape index (κ2) is 4.07. The maximum absolute atomic E-state index is 14.0. The molecule has 1 aromatic rings. The third-order valence-electron chi connectivity index (χ3n) is 4.01. The van der Waals surface area contributed by atoms with Gasteiger partial charge in [0.2, 0.25) is 0 Å². The van der Waals surface area contributed by atoms with Gasteiger partial charge in [-0.1, -0.05) is 12.1 Å². The molecular weight excluding hydrogens is 215 g/mol. The largest absolute Gasteiger partial charge is 0.321 e. The average Bonchev–Trinajstić information content (AvgIpc) is 2.87. The monoisotopic (exact) mass is 234 g/mol. The molecule has 2 nitrogen and oxygen atoms in total. The summed E-state index contributed by atoms with van der Waals surface area (Å²) in [6, 6.07) is 5.55. The number of hydrogen-bond acceptors (Lipinski definition) is 2. The Morgan fingerprint density at radius 3 is 2.53 bits per heavy atom. The van der Waals surface area contributed by atoms with Crippen LogP contribution in [0.15, 0.2) is 18.2 Å². The Labute approximate surface area is 102 Å². The second-order valence-electron chi connectivity index (χ2n) is 5.45. The molecule has 2 fully saturated rings. The van der Waals surface area contributed by atoms with Crippen LogP contribution in [0.4, 0.5) is 4.39 Å². The van der Waals surface area contributed by atoms with E-state index in [9.17, 15) is 4.39 Å². The first-order valence-corrected chi connectivity index (χ1v) is 6.48. The minimum absolute atomic E-state index is 0.0916. The van der Waals surface area contributed by atoms with Crippen LogP contribution in [0.3, 0.4) is 0 Å². The van der Waals surface area contributed by atoms with Gasteiger partial charge in [-0.2, -0.15) is 0 Å². The van der Waals surface area contributed by atoms with E-state index in [2.05, 4.69) is 4.90 Å². The number of rotatable bonds is 3. The van der Waals surface area contributed by atoms with Crippen LogP contribution in [-0.4, -0.2) is 18.0 Å². The predicted octanol–water partition coefficient (Wildman–Crippen LogP) is 2.37. The van der Waals surface area contributed by atoms with Gasteiger partial charge in [-0.3, -0.25) is 4.90 Å². The molecule has 2 aliphatic rings. The van der Waals surface area contributed by atoms with Crippen molar-refractivity contribution in [3.05, 3.63) is 35.1 Å². The van der Waals surface area contributed by atoms with Crippen molar-refractivity contribution < 1.29 is 4.39 Å². The zero-order valence-electron chi connectivity index (χ0n) is 10.1. The van der Waals surface area contributed by atoms with Crippen LogP contribution < -0.4 is 5.73 Å². The van der Waals surface area contributed by atoms with Crippen LogP contribution in [0.2, 0.25) is 0 Å². The molecule has 2 N–H and O–H groups in total. The first-order chi connectivity index (χ1) is 8.17. The molecule has 1 aromatic carbocycles. The Morgan fingerprint density at radius 1 is 1.24 bits per heavy atom. The molecule has 0 aromatic heterocycles. The lowest BCUT2D eigenvalue weighted by Gasteiger charge is -2.16. The normalized spacial score (nSPS) is 22.9. The molecule has 1 saturated heterocycles. The van der Waals surface area contributed by atoms with E-state index in [0.717, 1.165) is 43.6 Å². The molecule has 17 heavy (non-hydrogen) atoms. The zero-order valence-corrected chi connectivity index (χ0v) is 10.1. The van der Waals surface area contributed by atoms with Gasteiger partial charge < -0.3 is 5.73 Å².